The van der Waals surface area contributed by atoms with Gasteiger partial charge >= 0.3 is 11.9 Å². The average molecular weight is 250 g/mol. The van der Waals surface area contributed by atoms with Crippen molar-refractivity contribution in [3.63, 3.8) is 0 Å². The van der Waals surface area contributed by atoms with Gasteiger partial charge in [0.2, 0.25) is 0 Å². The first kappa shape index (κ1) is 11.5. The molecule has 1 amide bonds. The summed E-state index contributed by atoms with van der Waals surface area (Å²) in [6, 6.07) is 5.25. The van der Waals surface area contributed by atoms with Gasteiger partial charge in [-0.05, 0) is 25.1 Å². The van der Waals surface area contributed by atoms with Crippen LogP contribution in [0.15, 0.2) is 23.7 Å². The van der Waals surface area contributed by atoms with E-state index < -0.39 is 11.9 Å². The van der Waals surface area contributed by atoms with Gasteiger partial charge in [0.25, 0.3) is 0 Å². The van der Waals surface area contributed by atoms with Gasteiger partial charge in [-0.1, -0.05) is 0 Å². The molecule has 0 aliphatic heterocycles. The lowest BCUT2D eigenvalue weighted by molar-refractivity contribution is -0.152. The van der Waals surface area contributed by atoms with Crippen LogP contribution in [0.2, 0.25) is 0 Å². The number of nitrogens with zero attached hydrogens (tertiary/aromatic N) is 1. The quantitative estimate of drug-likeness (QED) is 0.651. The Labute approximate surface area is 101 Å². The van der Waals surface area contributed by atoms with Crippen LogP contribution < -0.4 is 5.32 Å². The molecule has 0 aliphatic carbocycles. The van der Waals surface area contributed by atoms with Crippen LogP contribution in [-0.2, 0) is 14.3 Å². The molecule has 0 saturated heterocycles. The van der Waals surface area contributed by atoms with E-state index in [9.17, 15) is 9.59 Å². The highest BCUT2D eigenvalue weighted by molar-refractivity contribution is 7.16. The second-order valence-electron chi connectivity index (χ2n) is 3.21. The number of nitrogens with one attached hydrogen (secondary N) is 1. The standard InChI is InChI=1S/C11H10N2O3S/c1-2-16-11(15)10(14)13-7-3-4-8-9(5-7)17-6-12-8/h3-6H,2H2,1H3,(H,13,14). The smallest absolute Gasteiger partial charge is 0.397 e. The summed E-state index contributed by atoms with van der Waals surface area (Å²) in [5.74, 6) is -1.65. The molecule has 1 aromatic carbocycles. The lowest BCUT2D eigenvalue weighted by atomic mass is 10.3. The van der Waals surface area contributed by atoms with Gasteiger partial charge in [0.05, 0.1) is 22.3 Å². The van der Waals surface area contributed by atoms with E-state index in [1.807, 2.05) is 0 Å². The molecule has 1 N–H and O–H groups in total. The Morgan fingerprint density at radius 2 is 2.29 bits per heavy atom. The summed E-state index contributed by atoms with van der Waals surface area (Å²) in [4.78, 5) is 26.6. The summed E-state index contributed by atoms with van der Waals surface area (Å²) in [7, 11) is 0. The molecule has 17 heavy (non-hydrogen) atoms. The maximum atomic E-state index is 11.4. The number of amides is 1. The minimum Gasteiger partial charge on any atom is -0.459 e. The number of thiazole rings is 1. The van der Waals surface area contributed by atoms with Crippen molar-refractivity contribution in [1.82, 2.24) is 4.98 Å². The molecule has 1 heterocycles. The highest BCUT2D eigenvalue weighted by atomic mass is 32.1. The molecule has 1 aromatic heterocycles. The van der Waals surface area contributed by atoms with Crippen molar-refractivity contribution in [3.05, 3.63) is 23.7 Å². The topological polar surface area (TPSA) is 68.3 Å². The monoisotopic (exact) mass is 250 g/mol. The zero-order chi connectivity index (χ0) is 12.3. The molecule has 0 saturated carbocycles. The first-order chi connectivity index (χ1) is 8.20. The first-order valence-corrected chi connectivity index (χ1v) is 5.90. The second kappa shape index (κ2) is 4.92. The summed E-state index contributed by atoms with van der Waals surface area (Å²) in [6.07, 6.45) is 0. The van der Waals surface area contributed by atoms with E-state index in [-0.39, 0.29) is 6.61 Å². The number of aromatic nitrogens is 1. The van der Waals surface area contributed by atoms with Gasteiger partial charge in [0.1, 0.15) is 0 Å². The highest BCUT2D eigenvalue weighted by Gasteiger charge is 2.14. The fraction of sp³-hybridized carbons (Fsp3) is 0.182. The van der Waals surface area contributed by atoms with Crippen LogP contribution in [0.4, 0.5) is 5.69 Å². The van der Waals surface area contributed by atoms with E-state index in [0.717, 1.165) is 10.2 Å². The molecule has 0 atom stereocenters. The second-order valence-corrected chi connectivity index (χ2v) is 4.10. The Morgan fingerprint density at radius 3 is 3.06 bits per heavy atom. The summed E-state index contributed by atoms with van der Waals surface area (Å²) in [5, 5.41) is 2.47. The van der Waals surface area contributed by atoms with Crippen LogP contribution >= 0.6 is 11.3 Å². The molecule has 0 radical (unpaired) electrons. The molecule has 6 heteroatoms. The largest absolute Gasteiger partial charge is 0.459 e. The minimum atomic E-state index is -0.878. The van der Waals surface area contributed by atoms with Crippen molar-refractivity contribution in [2.45, 2.75) is 6.92 Å². The number of benzene rings is 1. The Balaban J connectivity index is 2.12. The fourth-order valence-corrected chi connectivity index (χ4v) is 2.03. The van der Waals surface area contributed by atoms with Crippen LogP contribution in [0.3, 0.4) is 0 Å². The fourth-order valence-electron chi connectivity index (χ4n) is 1.31. The van der Waals surface area contributed by atoms with E-state index in [2.05, 4.69) is 15.0 Å². The van der Waals surface area contributed by atoms with Crippen LogP contribution in [-0.4, -0.2) is 23.5 Å². The van der Waals surface area contributed by atoms with Gasteiger partial charge in [-0.25, -0.2) is 9.78 Å². The van der Waals surface area contributed by atoms with Gasteiger partial charge in [-0.15, -0.1) is 11.3 Å². The zero-order valence-corrected chi connectivity index (χ0v) is 9.91. The number of carbonyl (C=O) groups excluding carboxylic acids is 2. The van der Waals surface area contributed by atoms with Crippen molar-refractivity contribution in [3.8, 4) is 0 Å². The van der Waals surface area contributed by atoms with Crippen molar-refractivity contribution in [2.24, 2.45) is 0 Å². The summed E-state index contributed by atoms with van der Waals surface area (Å²) in [6.45, 7) is 1.83. The molecule has 2 aromatic rings. The van der Waals surface area contributed by atoms with Crippen molar-refractivity contribution in [1.29, 1.82) is 0 Å². The van der Waals surface area contributed by atoms with Crippen LogP contribution in [0, 0.1) is 0 Å². The number of anilines is 1. The zero-order valence-electron chi connectivity index (χ0n) is 9.10. The van der Waals surface area contributed by atoms with Crippen molar-refractivity contribution in [2.75, 3.05) is 11.9 Å². The van der Waals surface area contributed by atoms with E-state index in [1.54, 1.807) is 30.6 Å². The van der Waals surface area contributed by atoms with Gasteiger partial charge in [-0.2, -0.15) is 0 Å². The maximum Gasteiger partial charge on any atom is 0.397 e. The summed E-state index contributed by atoms with van der Waals surface area (Å²) < 4.78 is 5.54. The minimum absolute atomic E-state index is 0.181. The number of ether oxygens (including phenoxy) is 1. The third kappa shape index (κ3) is 2.59. The highest BCUT2D eigenvalue weighted by Crippen LogP contribution is 2.21. The van der Waals surface area contributed by atoms with Crippen molar-refractivity contribution < 1.29 is 14.3 Å². The Morgan fingerprint density at radius 1 is 1.47 bits per heavy atom. The number of hydrogen-bond acceptors (Lipinski definition) is 5. The molecule has 88 valence electrons. The Bertz CT molecular complexity index is 565. The molecule has 0 unspecified atom stereocenters. The number of rotatable bonds is 2. The van der Waals surface area contributed by atoms with Crippen LogP contribution in [0.1, 0.15) is 6.92 Å². The van der Waals surface area contributed by atoms with E-state index in [1.165, 1.54) is 11.3 Å². The molecule has 0 spiro atoms. The Kier molecular flexibility index (Phi) is 3.34. The normalized spacial score (nSPS) is 10.2. The summed E-state index contributed by atoms with van der Waals surface area (Å²) in [5.41, 5.74) is 3.14. The van der Waals surface area contributed by atoms with E-state index >= 15 is 0 Å². The molecule has 2 rings (SSSR count). The maximum absolute atomic E-state index is 11.4. The molecule has 0 bridgehead atoms. The van der Waals surface area contributed by atoms with Gasteiger partial charge in [-0.3, -0.25) is 4.79 Å². The number of hydrogen-bond donors (Lipinski definition) is 1. The molecular weight excluding hydrogens is 240 g/mol. The lowest BCUT2D eigenvalue weighted by Gasteiger charge is -2.04. The molecular formula is C11H10N2O3S. The van der Waals surface area contributed by atoms with E-state index in [4.69, 9.17) is 0 Å². The van der Waals surface area contributed by atoms with Gasteiger partial charge in [0, 0.05) is 5.69 Å². The molecule has 5 nitrogen and oxygen atoms in total. The number of fused-ring (bicyclic) bond motifs is 1. The van der Waals surface area contributed by atoms with E-state index in [0.29, 0.717) is 5.69 Å². The Hall–Kier alpha value is -1.95. The third-order valence-electron chi connectivity index (χ3n) is 2.05. The number of esters is 1. The predicted molar refractivity (Wildman–Crippen MR) is 64.9 cm³/mol. The van der Waals surface area contributed by atoms with Gasteiger partial charge < -0.3 is 10.1 Å². The SMILES string of the molecule is CCOC(=O)C(=O)Nc1ccc2ncsc2c1. The third-order valence-corrected chi connectivity index (χ3v) is 2.84. The average Bonchev–Trinajstić information content (AvgIpc) is 2.76. The lowest BCUT2D eigenvalue weighted by Crippen LogP contribution is -2.24. The summed E-state index contributed by atoms with van der Waals surface area (Å²) >= 11 is 1.47. The number of carbonyl (C=O) groups is 2. The van der Waals surface area contributed by atoms with Gasteiger partial charge in [0.15, 0.2) is 0 Å². The first-order valence-electron chi connectivity index (χ1n) is 5.02. The van der Waals surface area contributed by atoms with Crippen LogP contribution in [0.5, 0.6) is 0 Å². The van der Waals surface area contributed by atoms with Crippen molar-refractivity contribution >= 4 is 39.1 Å². The molecule has 0 fully saturated rings. The van der Waals surface area contributed by atoms with Crippen LogP contribution in [0.25, 0.3) is 10.2 Å². The predicted octanol–water partition coefficient (Wildman–Crippen LogP) is 1.80. The molecule has 0 aliphatic rings.